The van der Waals surface area contributed by atoms with Crippen molar-refractivity contribution in [3.8, 4) is 0 Å². The summed E-state index contributed by atoms with van der Waals surface area (Å²) in [5, 5.41) is 54.9. The number of amides is 1. The summed E-state index contributed by atoms with van der Waals surface area (Å²) in [4.78, 5) is 13.2. The van der Waals surface area contributed by atoms with Gasteiger partial charge in [0.1, 0.15) is 24.4 Å². The van der Waals surface area contributed by atoms with E-state index in [0.717, 1.165) is 38.5 Å². The molecule has 0 bridgehead atoms. The Labute approximate surface area is 572 Å². The third-order valence-electron chi connectivity index (χ3n) is 20.3. The number of hydrogen-bond acceptors (Lipinski definition) is 8. The number of allylic oxidation sites excluding steroid dienone is 3. The molecule has 92 heavy (non-hydrogen) atoms. The fourth-order valence-corrected chi connectivity index (χ4v) is 13.8. The zero-order valence-corrected chi connectivity index (χ0v) is 61.6. The predicted molar refractivity (Wildman–Crippen MR) is 397 cm³/mol. The van der Waals surface area contributed by atoms with Crippen molar-refractivity contribution in [1.82, 2.24) is 5.32 Å². The highest BCUT2D eigenvalue weighted by Gasteiger charge is 2.44. The standard InChI is InChI=1S/C83H161NO8/c1-3-5-7-9-11-13-15-17-19-21-23-25-27-29-31-33-34-35-36-37-38-39-40-41-42-43-45-47-49-51-53-55-57-59-61-63-65-67-69-71-73-79(87)84-76(75-91-83-82(90)81(89)80(88)78(74-85)92-83)77(86)72-70-68-66-64-62-60-58-56-54-52-50-48-46-44-32-30-28-26-24-22-20-18-16-14-12-10-8-6-4-2/h62,64,70,72,76-78,80-83,85-86,88-90H,3-61,63,65-69,71,73-75H2,1-2H3,(H,84,87)/b64-62+,72-70+. The van der Waals surface area contributed by atoms with Crippen LogP contribution in [-0.4, -0.2) is 87.5 Å². The van der Waals surface area contributed by atoms with E-state index in [2.05, 4.69) is 31.3 Å². The molecule has 0 aliphatic carbocycles. The minimum atomic E-state index is -1.57. The first kappa shape index (κ1) is 88.7. The van der Waals surface area contributed by atoms with Gasteiger partial charge in [-0.25, -0.2) is 0 Å². The van der Waals surface area contributed by atoms with Crippen LogP contribution in [0.15, 0.2) is 24.3 Å². The van der Waals surface area contributed by atoms with Gasteiger partial charge in [0, 0.05) is 6.42 Å². The van der Waals surface area contributed by atoms with Gasteiger partial charge < -0.3 is 40.3 Å². The summed E-state index contributed by atoms with van der Waals surface area (Å²) in [5.41, 5.74) is 0. The lowest BCUT2D eigenvalue weighted by Gasteiger charge is -2.40. The molecule has 546 valence electrons. The number of rotatable bonds is 75. The van der Waals surface area contributed by atoms with E-state index in [1.165, 1.54) is 385 Å². The molecular weight excluding hydrogens is 1140 g/mol. The van der Waals surface area contributed by atoms with E-state index in [9.17, 15) is 30.3 Å². The number of aliphatic hydroxyl groups excluding tert-OH is 5. The van der Waals surface area contributed by atoms with Crippen LogP contribution in [0.1, 0.15) is 444 Å². The van der Waals surface area contributed by atoms with Crippen molar-refractivity contribution < 1.29 is 39.8 Å². The van der Waals surface area contributed by atoms with E-state index in [4.69, 9.17) is 9.47 Å². The van der Waals surface area contributed by atoms with Gasteiger partial charge in [0.2, 0.25) is 5.91 Å². The quantitative estimate of drug-likeness (QED) is 0.0261. The molecule has 0 saturated carbocycles. The van der Waals surface area contributed by atoms with Crippen molar-refractivity contribution in [3.63, 3.8) is 0 Å². The molecule has 7 atom stereocenters. The maximum atomic E-state index is 13.2. The van der Waals surface area contributed by atoms with Crippen LogP contribution in [0.2, 0.25) is 0 Å². The largest absolute Gasteiger partial charge is 0.394 e. The maximum absolute atomic E-state index is 13.2. The lowest BCUT2D eigenvalue weighted by molar-refractivity contribution is -0.302. The number of ether oxygens (including phenoxy) is 2. The minimum Gasteiger partial charge on any atom is -0.394 e. The van der Waals surface area contributed by atoms with Crippen LogP contribution in [0, 0.1) is 0 Å². The third-order valence-corrected chi connectivity index (χ3v) is 20.3. The van der Waals surface area contributed by atoms with Gasteiger partial charge >= 0.3 is 0 Å². The van der Waals surface area contributed by atoms with Gasteiger partial charge in [0.05, 0.1) is 25.4 Å². The molecule has 1 aliphatic rings. The predicted octanol–water partition coefficient (Wildman–Crippen LogP) is 23.9. The smallest absolute Gasteiger partial charge is 0.220 e. The van der Waals surface area contributed by atoms with E-state index in [-0.39, 0.29) is 12.5 Å². The highest BCUT2D eigenvalue weighted by molar-refractivity contribution is 5.76. The highest BCUT2D eigenvalue weighted by atomic mass is 16.7. The molecule has 7 unspecified atom stereocenters. The Morgan fingerprint density at radius 2 is 0.620 bits per heavy atom. The van der Waals surface area contributed by atoms with E-state index in [1.54, 1.807) is 6.08 Å². The summed E-state index contributed by atoms with van der Waals surface area (Å²) >= 11 is 0. The fraction of sp³-hybridized carbons (Fsp3) is 0.940. The molecule has 0 radical (unpaired) electrons. The molecule has 9 heteroatoms. The molecule has 0 aromatic carbocycles. The first-order valence-corrected chi connectivity index (χ1v) is 41.6. The summed E-state index contributed by atoms with van der Waals surface area (Å²) in [6, 6.07) is -0.821. The Kier molecular flexibility index (Phi) is 69.8. The Balaban J connectivity index is 2.04. The monoisotopic (exact) mass is 1300 g/mol. The Hall–Kier alpha value is -1.33. The van der Waals surface area contributed by atoms with Gasteiger partial charge in [-0.3, -0.25) is 4.79 Å². The van der Waals surface area contributed by atoms with Crippen molar-refractivity contribution in [3.05, 3.63) is 24.3 Å². The Morgan fingerprint density at radius 1 is 0.359 bits per heavy atom. The van der Waals surface area contributed by atoms with Crippen LogP contribution in [0.4, 0.5) is 0 Å². The van der Waals surface area contributed by atoms with Crippen molar-refractivity contribution in [2.45, 2.75) is 487 Å². The van der Waals surface area contributed by atoms with Crippen LogP contribution < -0.4 is 5.32 Å². The van der Waals surface area contributed by atoms with Crippen LogP contribution >= 0.6 is 0 Å². The topological polar surface area (TPSA) is 149 Å². The number of hydrogen-bond donors (Lipinski definition) is 6. The van der Waals surface area contributed by atoms with Crippen molar-refractivity contribution in [1.29, 1.82) is 0 Å². The molecule has 6 N–H and O–H groups in total. The molecule has 0 aromatic rings. The van der Waals surface area contributed by atoms with Gasteiger partial charge in [0.25, 0.3) is 0 Å². The van der Waals surface area contributed by atoms with Crippen molar-refractivity contribution >= 4 is 5.91 Å². The molecule has 0 spiro atoms. The average Bonchev–Trinajstić information content (AvgIpc) is 0.965. The molecule has 1 heterocycles. The number of unbranched alkanes of at least 4 members (excludes halogenated alkanes) is 63. The zero-order valence-electron chi connectivity index (χ0n) is 61.6. The van der Waals surface area contributed by atoms with E-state index < -0.39 is 49.5 Å². The average molecular weight is 1300 g/mol. The molecule has 1 fully saturated rings. The number of carbonyl (C=O) groups is 1. The van der Waals surface area contributed by atoms with Gasteiger partial charge in [-0.2, -0.15) is 0 Å². The minimum absolute atomic E-state index is 0.176. The molecule has 1 amide bonds. The van der Waals surface area contributed by atoms with Crippen molar-refractivity contribution in [2.75, 3.05) is 13.2 Å². The second-order valence-corrected chi connectivity index (χ2v) is 29.3. The third kappa shape index (κ3) is 59.9. The lowest BCUT2D eigenvalue weighted by atomic mass is 9.99. The Bertz CT molecular complexity index is 1510. The summed E-state index contributed by atoms with van der Waals surface area (Å²) < 4.78 is 11.3. The molecule has 9 nitrogen and oxygen atoms in total. The van der Waals surface area contributed by atoms with Crippen LogP contribution in [0.3, 0.4) is 0 Å². The molecule has 1 rings (SSSR count). The zero-order chi connectivity index (χ0) is 66.4. The van der Waals surface area contributed by atoms with Gasteiger partial charge in [-0.1, -0.05) is 430 Å². The van der Waals surface area contributed by atoms with Gasteiger partial charge in [0.15, 0.2) is 6.29 Å². The van der Waals surface area contributed by atoms with E-state index in [1.807, 2.05) is 6.08 Å². The number of aliphatic hydroxyl groups is 5. The molecule has 1 saturated heterocycles. The lowest BCUT2D eigenvalue weighted by Crippen LogP contribution is -2.60. The van der Waals surface area contributed by atoms with Gasteiger partial charge in [-0.15, -0.1) is 0 Å². The maximum Gasteiger partial charge on any atom is 0.220 e. The fourth-order valence-electron chi connectivity index (χ4n) is 13.8. The van der Waals surface area contributed by atoms with E-state index >= 15 is 0 Å². The number of nitrogens with one attached hydrogen (secondary N) is 1. The van der Waals surface area contributed by atoms with Crippen LogP contribution in [-0.2, 0) is 14.3 Å². The first-order chi connectivity index (χ1) is 45.3. The van der Waals surface area contributed by atoms with Crippen molar-refractivity contribution in [2.24, 2.45) is 0 Å². The highest BCUT2D eigenvalue weighted by Crippen LogP contribution is 2.24. The van der Waals surface area contributed by atoms with E-state index in [0.29, 0.717) is 6.42 Å². The summed E-state index contributed by atoms with van der Waals surface area (Å²) in [5.74, 6) is -0.176. The molecular formula is C83H161NO8. The Morgan fingerprint density at radius 3 is 0.913 bits per heavy atom. The van der Waals surface area contributed by atoms with Gasteiger partial charge in [-0.05, 0) is 32.1 Å². The number of carbonyl (C=O) groups excluding carboxylic acids is 1. The normalized spacial score (nSPS) is 17.7. The van der Waals surface area contributed by atoms with Crippen LogP contribution in [0.25, 0.3) is 0 Å². The second-order valence-electron chi connectivity index (χ2n) is 29.3. The molecule has 1 aliphatic heterocycles. The first-order valence-electron chi connectivity index (χ1n) is 41.6. The summed E-state index contributed by atoms with van der Waals surface area (Å²) in [6.45, 7) is 3.84. The SMILES string of the molecule is CCCCCCCCCCCCCCCCCCCCCCCCC/C=C/CC/C=C/C(O)C(COC1OC(CO)C(O)C(O)C1O)NC(=O)CCCCCCCCCCCCCCCCCCCCCCCCCCCCCCCCCCCCCCCCCC. The summed E-state index contributed by atoms with van der Waals surface area (Å²) in [7, 11) is 0. The van der Waals surface area contributed by atoms with Crippen LogP contribution in [0.5, 0.6) is 0 Å². The second kappa shape index (κ2) is 72.4. The summed E-state index contributed by atoms with van der Waals surface area (Å²) in [6.07, 6.45) is 90.8. The molecule has 0 aromatic heterocycles.